The van der Waals surface area contributed by atoms with Crippen LogP contribution in [0.15, 0.2) is 48.5 Å². The molecule has 2 unspecified atom stereocenters. The highest BCUT2D eigenvalue weighted by Crippen LogP contribution is 2.27. The number of halogens is 1. The first-order chi connectivity index (χ1) is 11.5. The number of aliphatic hydroxyl groups excluding tert-OH is 2. The van der Waals surface area contributed by atoms with E-state index in [9.17, 15) is 20.1 Å². The number of alkyl carbamates (subject to hydrolysis) is 1. The van der Waals surface area contributed by atoms with Gasteiger partial charge in [-0.3, -0.25) is 0 Å². The number of ether oxygens (including phenoxy) is 1. The van der Waals surface area contributed by atoms with E-state index in [4.69, 9.17) is 16.3 Å². The lowest BCUT2D eigenvalue weighted by Gasteiger charge is -2.19. The van der Waals surface area contributed by atoms with Crippen LogP contribution < -0.4 is 5.32 Å². The molecule has 0 aliphatic rings. The SMILES string of the molecule is O=C(NCC(O)C(O)c1ccc(Cl)c(O)c1)OCc1ccccc1. The van der Waals surface area contributed by atoms with Gasteiger partial charge in [-0.05, 0) is 23.3 Å². The molecule has 4 N–H and O–H groups in total. The van der Waals surface area contributed by atoms with Gasteiger partial charge in [0.2, 0.25) is 0 Å². The quantitative estimate of drug-likeness (QED) is 0.640. The van der Waals surface area contributed by atoms with Crippen molar-refractivity contribution in [3.63, 3.8) is 0 Å². The van der Waals surface area contributed by atoms with E-state index in [2.05, 4.69) is 5.32 Å². The molecule has 0 radical (unpaired) electrons. The molecule has 1 amide bonds. The minimum Gasteiger partial charge on any atom is -0.506 e. The van der Waals surface area contributed by atoms with Gasteiger partial charge in [-0.1, -0.05) is 48.0 Å². The highest BCUT2D eigenvalue weighted by molar-refractivity contribution is 6.32. The predicted octanol–water partition coefficient (Wildman–Crippen LogP) is 2.37. The third-order valence-electron chi connectivity index (χ3n) is 3.34. The first-order valence-electron chi connectivity index (χ1n) is 7.26. The summed E-state index contributed by atoms with van der Waals surface area (Å²) >= 11 is 5.69. The van der Waals surface area contributed by atoms with Crippen LogP contribution >= 0.6 is 11.6 Å². The summed E-state index contributed by atoms with van der Waals surface area (Å²) in [6.45, 7) is -0.103. The second-order valence-corrected chi connectivity index (χ2v) is 5.57. The number of aliphatic hydroxyl groups is 2. The molecular formula is C17H18ClNO5. The summed E-state index contributed by atoms with van der Waals surface area (Å²) in [4.78, 5) is 11.6. The Labute approximate surface area is 144 Å². The number of rotatable bonds is 6. The number of benzene rings is 2. The van der Waals surface area contributed by atoms with E-state index in [-0.39, 0.29) is 29.5 Å². The molecule has 2 aromatic rings. The lowest BCUT2D eigenvalue weighted by molar-refractivity contribution is 0.0183. The van der Waals surface area contributed by atoms with Crippen LogP contribution in [0.5, 0.6) is 5.75 Å². The highest BCUT2D eigenvalue weighted by atomic mass is 35.5. The third-order valence-corrected chi connectivity index (χ3v) is 3.66. The standard InChI is InChI=1S/C17H18ClNO5/c18-13-7-6-12(8-14(13)20)16(22)15(21)9-19-17(23)24-10-11-4-2-1-3-5-11/h1-8,15-16,20-22H,9-10H2,(H,19,23). The molecule has 0 aromatic heterocycles. The van der Waals surface area contributed by atoms with E-state index >= 15 is 0 Å². The Morgan fingerprint density at radius 3 is 2.54 bits per heavy atom. The highest BCUT2D eigenvalue weighted by Gasteiger charge is 2.20. The number of carbonyl (C=O) groups is 1. The number of phenolic OH excluding ortho intramolecular Hbond substituents is 1. The van der Waals surface area contributed by atoms with E-state index in [1.54, 1.807) is 0 Å². The van der Waals surface area contributed by atoms with Gasteiger partial charge in [0.1, 0.15) is 24.6 Å². The van der Waals surface area contributed by atoms with Crippen molar-refractivity contribution in [3.05, 3.63) is 64.7 Å². The lowest BCUT2D eigenvalue weighted by Crippen LogP contribution is -2.35. The second kappa shape index (κ2) is 8.54. The molecule has 0 spiro atoms. The molecule has 2 aromatic carbocycles. The summed E-state index contributed by atoms with van der Waals surface area (Å²) < 4.78 is 5.00. The molecule has 2 rings (SSSR count). The van der Waals surface area contributed by atoms with Crippen LogP contribution in [0.1, 0.15) is 17.2 Å². The van der Waals surface area contributed by atoms with Crippen molar-refractivity contribution in [3.8, 4) is 5.75 Å². The zero-order valence-corrected chi connectivity index (χ0v) is 13.5. The fraction of sp³-hybridized carbons (Fsp3) is 0.235. The van der Waals surface area contributed by atoms with E-state index < -0.39 is 18.3 Å². The van der Waals surface area contributed by atoms with Crippen molar-refractivity contribution in [1.29, 1.82) is 0 Å². The van der Waals surface area contributed by atoms with Crippen LogP contribution in [-0.4, -0.2) is 34.1 Å². The van der Waals surface area contributed by atoms with Crippen molar-refractivity contribution in [2.45, 2.75) is 18.8 Å². The van der Waals surface area contributed by atoms with Gasteiger partial charge in [-0.2, -0.15) is 0 Å². The molecule has 0 saturated carbocycles. The van der Waals surface area contributed by atoms with Gasteiger partial charge in [-0.15, -0.1) is 0 Å². The van der Waals surface area contributed by atoms with Gasteiger partial charge in [0.25, 0.3) is 0 Å². The van der Waals surface area contributed by atoms with Crippen molar-refractivity contribution in [1.82, 2.24) is 5.32 Å². The molecule has 128 valence electrons. The normalized spacial score (nSPS) is 13.1. The smallest absolute Gasteiger partial charge is 0.407 e. The van der Waals surface area contributed by atoms with Crippen LogP contribution in [0.25, 0.3) is 0 Å². The number of amides is 1. The summed E-state index contributed by atoms with van der Waals surface area (Å²) in [5.74, 6) is -0.198. The molecule has 7 heteroatoms. The number of aromatic hydroxyl groups is 1. The number of hydrogen-bond donors (Lipinski definition) is 4. The molecule has 6 nitrogen and oxygen atoms in total. The summed E-state index contributed by atoms with van der Waals surface area (Å²) in [7, 11) is 0. The monoisotopic (exact) mass is 351 g/mol. The maximum atomic E-state index is 11.6. The van der Waals surface area contributed by atoms with Crippen LogP contribution in [0.4, 0.5) is 4.79 Å². The maximum Gasteiger partial charge on any atom is 0.407 e. The number of carbonyl (C=O) groups excluding carboxylic acids is 1. The van der Waals surface area contributed by atoms with E-state index in [0.29, 0.717) is 0 Å². The average molecular weight is 352 g/mol. The summed E-state index contributed by atoms with van der Waals surface area (Å²) in [5, 5.41) is 32.0. The van der Waals surface area contributed by atoms with E-state index in [1.807, 2.05) is 30.3 Å². The molecular weight excluding hydrogens is 334 g/mol. The largest absolute Gasteiger partial charge is 0.506 e. The fourth-order valence-electron chi connectivity index (χ4n) is 2.01. The van der Waals surface area contributed by atoms with Crippen LogP contribution in [0, 0.1) is 0 Å². The maximum absolute atomic E-state index is 11.6. The van der Waals surface area contributed by atoms with Crippen molar-refractivity contribution >= 4 is 17.7 Å². The minimum atomic E-state index is -1.29. The molecule has 0 aliphatic heterocycles. The predicted molar refractivity (Wildman–Crippen MR) is 88.7 cm³/mol. The van der Waals surface area contributed by atoms with Crippen LogP contribution in [0.2, 0.25) is 5.02 Å². The zero-order valence-electron chi connectivity index (χ0n) is 12.7. The van der Waals surface area contributed by atoms with Gasteiger partial charge < -0.3 is 25.4 Å². The van der Waals surface area contributed by atoms with Gasteiger partial charge in [-0.25, -0.2) is 4.79 Å². The number of nitrogens with one attached hydrogen (secondary N) is 1. The van der Waals surface area contributed by atoms with Crippen molar-refractivity contribution in [2.75, 3.05) is 6.54 Å². The molecule has 0 aliphatic carbocycles. The average Bonchev–Trinajstić information content (AvgIpc) is 2.60. The van der Waals surface area contributed by atoms with E-state index in [0.717, 1.165) is 5.56 Å². The van der Waals surface area contributed by atoms with Gasteiger partial charge in [0.05, 0.1) is 5.02 Å². The Kier molecular flexibility index (Phi) is 6.43. The topological polar surface area (TPSA) is 99.0 Å². The first kappa shape index (κ1) is 18.1. The zero-order chi connectivity index (χ0) is 17.5. The molecule has 24 heavy (non-hydrogen) atoms. The fourth-order valence-corrected chi connectivity index (χ4v) is 2.13. The molecule has 2 atom stereocenters. The Balaban J connectivity index is 1.80. The number of hydrogen-bond acceptors (Lipinski definition) is 5. The Morgan fingerprint density at radius 2 is 1.88 bits per heavy atom. The lowest BCUT2D eigenvalue weighted by atomic mass is 10.0. The third kappa shape index (κ3) is 5.13. The molecule has 0 heterocycles. The molecule has 0 bridgehead atoms. The van der Waals surface area contributed by atoms with Gasteiger partial charge in [0, 0.05) is 6.54 Å². The molecule has 0 fully saturated rings. The van der Waals surface area contributed by atoms with E-state index in [1.165, 1.54) is 18.2 Å². The second-order valence-electron chi connectivity index (χ2n) is 5.17. The Morgan fingerprint density at radius 1 is 1.17 bits per heavy atom. The van der Waals surface area contributed by atoms with Gasteiger partial charge in [0.15, 0.2) is 0 Å². The molecule has 0 saturated heterocycles. The minimum absolute atomic E-state index is 0.108. The number of phenols is 1. The van der Waals surface area contributed by atoms with Crippen LogP contribution in [-0.2, 0) is 11.3 Å². The van der Waals surface area contributed by atoms with Crippen molar-refractivity contribution < 1.29 is 24.9 Å². The first-order valence-corrected chi connectivity index (χ1v) is 7.64. The van der Waals surface area contributed by atoms with Crippen LogP contribution in [0.3, 0.4) is 0 Å². The van der Waals surface area contributed by atoms with Crippen molar-refractivity contribution in [2.24, 2.45) is 0 Å². The Bertz CT molecular complexity index is 680. The Hall–Kier alpha value is -2.28. The summed E-state index contributed by atoms with van der Waals surface area (Å²) in [5.41, 5.74) is 1.12. The summed E-state index contributed by atoms with van der Waals surface area (Å²) in [6.07, 6.45) is -3.26. The van der Waals surface area contributed by atoms with Gasteiger partial charge >= 0.3 is 6.09 Å². The summed E-state index contributed by atoms with van der Waals surface area (Å²) in [6, 6.07) is 13.3.